The van der Waals surface area contributed by atoms with Crippen LogP contribution in [-0.2, 0) is 20.7 Å². The lowest BCUT2D eigenvalue weighted by molar-refractivity contribution is -0.144. The number of ether oxygens (including phenoxy) is 1. The van der Waals surface area contributed by atoms with E-state index >= 15 is 0 Å². The molecule has 4 nitrogen and oxygen atoms in total. The Morgan fingerprint density at radius 2 is 2.09 bits per heavy atom. The van der Waals surface area contributed by atoms with Gasteiger partial charge in [-0.1, -0.05) is 36.4 Å². The van der Waals surface area contributed by atoms with Crippen molar-refractivity contribution < 1.29 is 19.4 Å². The fourth-order valence-corrected chi connectivity index (χ4v) is 2.69. The van der Waals surface area contributed by atoms with Crippen molar-refractivity contribution in [2.75, 3.05) is 0 Å². The first-order chi connectivity index (χ1) is 10.5. The fourth-order valence-electron chi connectivity index (χ4n) is 2.69. The zero-order valence-electron chi connectivity index (χ0n) is 12.8. The van der Waals surface area contributed by atoms with Crippen molar-refractivity contribution in [2.24, 2.45) is 5.92 Å². The number of Topliss-reactive ketones (excluding diaryl/α,β-unsaturated/α-hetero) is 1. The zero-order chi connectivity index (χ0) is 15.9. The lowest BCUT2D eigenvalue weighted by Crippen LogP contribution is -2.16. The minimum Gasteiger partial charge on any atom is -0.458 e. The van der Waals surface area contributed by atoms with E-state index in [9.17, 15) is 14.7 Å². The molecular formula is C18H22O4. The highest BCUT2D eigenvalue weighted by Crippen LogP contribution is 2.24. The predicted octanol–water partition coefficient (Wildman–Crippen LogP) is 2.45. The molecule has 118 valence electrons. The average Bonchev–Trinajstić information content (AvgIpc) is 2.80. The molecule has 22 heavy (non-hydrogen) atoms. The number of benzene rings is 1. The van der Waals surface area contributed by atoms with Gasteiger partial charge < -0.3 is 9.84 Å². The van der Waals surface area contributed by atoms with Crippen LogP contribution in [0, 0.1) is 5.92 Å². The van der Waals surface area contributed by atoms with E-state index in [4.69, 9.17) is 4.74 Å². The van der Waals surface area contributed by atoms with Gasteiger partial charge in [0.25, 0.3) is 0 Å². The van der Waals surface area contributed by atoms with Gasteiger partial charge in [-0.15, -0.1) is 0 Å². The van der Waals surface area contributed by atoms with Gasteiger partial charge in [0.15, 0.2) is 0 Å². The van der Waals surface area contributed by atoms with Crippen LogP contribution in [0.4, 0.5) is 0 Å². The summed E-state index contributed by atoms with van der Waals surface area (Å²) in [6.07, 6.45) is 4.73. The second-order valence-corrected chi connectivity index (χ2v) is 5.74. The molecule has 0 bridgehead atoms. The molecule has 2 rings (SSSR count). The van der Waals surface area contributed by atoms with Crippen LogP contribution < -0.4 is 0 Å². The van der Waals surface area contributed by atoms with E-state index in [1.54, 1.807) is 6.08 Å². The van der Waals surface area contributed by atoms with E-state index in [0.717, 1.165) is 6.42 Å². The molecule has 0 radical (unpaired) electrons. The third-order valence-electron chi connectivity index (χ3n) is 3.85. The Balaban J connectivity index is 1.94. The van der Waals surface area contributed by atoms with Crippen LogP contribution in [0.2, 0.25) is 0 Å². The molecule has 0 amide bonds. The smallest absolute Gasteiger partial charge is 0.303 e. The Labute approximate surface area is 130 Å². The molecule has 1 N–H and O–H groups in total. The van der Waals surface area contributed by atoms with Crippen LogP contribution in [0.25, 0.3) is 0 Å². The van der Waals surface area contributed by atoms with Gasteiger partial charge in [-0.05, 0) is 24.5 Å². The molecule has 0 spiro atoms. The Kier molecular flexibility index (Phi) is 5.90. The number of rotatable bonds is 6. The highest BCUT2D eigenvalue weighted by Gasteiger charge is 2.29. The first kappa shape index (κ1) is 16.4. The fraction of sp³-hybridized carbons (Fsp3) is 0.444. The van der Waals surface area contributed by atoms with Crippen molar-refractivity contribution in [3.05, 3.63) is 48.0 Å². The van der Waals surface area contributed by atoms with Crippen LogP contribution in [0.5, 0.6) is 0 Å². The number of ketones is 1. The number of aliphatic hydroxyl groups excluding tert-OH is 1. The Morgan fingerprint density at radius 1 is 1.36 bits per heavy atom. The summed E-state index contributed by atoms with van der Waals surface area (Å²) < 4.78 is 5.30. The molecule has 1 aliphatic carbocycles. The highest BCUT2D eigenvalue weighted by molar-refractivity contribution is 5.81. The van der Waals surface area contributed by atoms with Crippen LogP contribution in [0.3, 0.4) is 0 Å². The van der Waals surface area contributed by atoms with Crippen molar-refractivity contribution in [1.82, 2.24) is 0 Å². The van der Waals surface area contributed by atoms with Crippen LogP contribution in [0.15, 0.2) is 42.5 Å². The van der Waals surface area contributed by atoms with Crippen molar-refractivity contribution in [1.29, 1.82) is 0 Å². The van der Waals surface area contributed by atoms with Crippen molar-refractivity contribution in [3.8, 4) is 0 Å². The number of carbonyl (C=O) groups is 2. The molecule has 0 aliphatic heterocycles. The summed E-state index contributed by atoms with van der Waals surface area (Å²) in [6.45, 7) is 1.39. The van der Waals surface area contributed by atoms with E-state index in [2.05, 4.69) is 0 Å². The molecule has 0 saturated heterocycles. The number of hydrogen-bond acceptors (Lipinski definition) is 4. The summed E-state index contributed by atoms with van der Waals surface area (Å²) in [7, 11) is 0. The molecule has 1 saturated carbocycles. The Bertz CT molecular complexity index is 535. The lowest BCUT2D eigenvalue weighted by Gasteiger charge is -2.15. The minimum atomic E-state index is -0.615. The van der Waals surface area contributed by atoms with Crippen molar-refractivity contribution in [3.63, 3.8) is 0 Å². The molecule has 0 heterocycles. The van der Waals surface area contributed by atoms with Crippen LogP contribution >= 0.6 is 0 Å². The van der Waals surface area contributed by atoms with E-state index in [-0.39, 0.29) is 30.2 Å². The summed E-state index contributed by atoms with van der Waals surface area (Å²) in [5.41, 5.74) is 1.18. The standard InChI is InChI=1S/C18H22O4/c1-13(19)22-17(9-7-14-5-3-2-4-6-14)10-8-15-11-16(20)12-18(15)21/h2-6,8,10,15,17-18,21H,7,9,11-12H2,1H3/t15-,17-,18+/m0/s1. The summed E-state index contributed by atoms with van der Waals surface area (Å²) in [5.74, 6) is -0.413. The molecule has 1 fully saturated rings. The summed E-state index contributed by atoms with van der Waals surface area (Å²) in [4.78, 5) is 22.5. The molecule has 0 aromatic heterocycles. The largest absolute Gasteiger partial charge is 0.458 e. The normalized spacial score (nSPS) is 22.9. The maximum atomic E-state index is 11.3. The Hall–Kier alpha value is -1.94. The van der Waals surface area contributed by atoms with E-state index in [1.807, 2.05) is 36.4 Å². The highest BCUT2D eigenvalue weighted by atomic mass is 16.5. The first-order valence-electron chi connectivity index (χ1n) is 7.64. The van der Waals surface area contributed by atoms with Crippen LogP contribution in [-0.4, -0.2) is 29.1 Å². The molecule has 4 heteroatoms. The number of carbonyl (C=O) groups excluding carboxylic acids is 2. The van der Waals surface area contributed by atoms with Gasteiger partial charge in [-0.3, -0.25) is 9.59 Å². The minimum absolute atomic E-state index is 0.0791. The van der Waals surface area contributed by atoms with Crippen LogP contribution in [0.1, 0.15) is 31.7 Å². The van der Waals surface area contributed by atoms with Gasteiger partial charge in [0.1, 0.15) is 11.9 Å². The molecule has 1 aromatic carbocycles. The molecule has 3 atom stereocenters. The quantitative estimate of drug-likeness (QED) is 0.647. The zero-order valence-corrected chi connectivity index (χ0v) is 12.8. The summed E-state index contributed by atoms with van der Waals surface area (Å²) in [6, 6.07) is 9.99. The van der Waals surface area contributed by atoms with Gasteiger partial charge in [0.2, 0.25) is 0 Å². The maximum Gasteiger partial charge on any atom is 0.303 e. The van der Waals surface area contributed by atoms with Gasteiger partial charge in [-0.25, -0.2) is 0 Å². The van der Waals surface area contributed by atoms with Gasteiger partial charge in [0, 0.05) is 25.7 Å². The maximum absolute atomic E-state index is 11.3. The second-order valence-electron chi connectivity index (χ2n) is 5.74. The summed E-state index contributed by atoms with van der Waals surface area (Å²) in [5, 5.41) is 9.78. The number of hydrogen-bond donors (Lipinski definition) is 1. The van der Waals surface area contributed by atoms with E-state index < -0.39 is 6.10 Å². The van der Waals surface area contributed by atoms with Gasteiger partial charge >= 0.3 is 5.97 Å². The second kappa shape index (κ2) is 7.90. The van der Waals surface area contributed by atoms with E-state index in [1.165, 1.54) is 12.5 Å². The number of aliphatic hydroxyl groups is 1. The predicted molar refractivity (Wildman–Crippen MR) is 83.2 cm³/mol. The average molecular weight is 302 g/mol. The third kappa shape index (κ3) is 5.11. The third-order valence-corrected chi connectivity index (χ3v) is 3.85. The van der Waals surface area contributed by atoms with Crippen molar-refractivity contribution >= 4 is 11.8 Å². The molecule has 0 unspecified atom stereocenters. The van der Waals surface area contributed by atoms with Crippen molar-refractivity contribution in [2.45, 2.75) is 44.8 Å². The molecule has 1 aromatic rings. The number of esters is 1. The summed E-state index contributed by atoms with van der Waals surface area (Å²) >= 11 is 0. The molecule has 1 aliphatic rings. The lowest BCUT2D eigenvalue weighted by atomic mass is 10.0. The monoisotopic (exact) mass is 302 g/mol. The van der Waals surface area contributed by atoms with Gasteiger partial charge in [0.05, 0.1) is 6.10 Å². The Morgan fingerprint density at radius 3 is 2.68 bits per heavy atom. The topological polar surface area (TPSA) is 63.6 Å². The first-order valence-corrected chi connectivity index (χ1v) is 7.64. The van der Waals surface area contributed by atoms with E-state index in [0.29, 0.717) is 12.8 Å². The SMILES string of the molecule is CC(=O)O[C@H](C=C[C@H]1CC(=O)C[C@H]1O)CCc1ccccc1. The number of aryl methyl sites for hydroxylation is 1. The van der Waals surface area contributed by atoms with Gasteiger partial charge in [-0.2, -0.15) is 0 Å². The molecular weight excluding hydrogens is 280 g/mol.